The Hall–Kier alpha value is -2.76. The number of carbonyl (C=O) groups excluding carboxylic acids is 2. The van der Waals surface area contributed by atoms with Gasteiger partial charge in [0.05, 0.1) is 5.56 Å². The standard InChI is InChI=1S/C21H24FN3O2/c22-19-6-2-1-4-17(19)7-8-20(26)25-12-9-16(10-13-25)14-24-21(27)18-5-3-11-23-15-18/h1-6,11,15-16H,7-10,12-14H2,(H,24,27). The highest BCUT2D eigenvalue weighted by atomic mass is 19.1. The lowest BCUT2D eigenvalue weighted by molar-refractivity contribution is -0.132. The summed E-state index contributed by atoms with van der Waals surface area (Å²) in [5, 5.41) is 2.94. The molecule has 0 spiro atoms. The Morgan fingerprint density at radius 3 is 2.63 bits per heavy atom. The van der Waals surface area contributed by atoms with Crippen LogP contribution in [0, 0.1) is 11.7 Å². The molecule has 2 aromatic rings. The Kier molecular flexibility index (Phi) is 6.52. The second kappa shape index (κ2) is 9.26. The summed E-state index contributed by atoms with van der Waals surface area (Å²) in [6.07, 6.45) is 5.65. The molecule has 0 aliphatic carbocycles. The first kappa shape index (κ1) is 19.0. The Morgan fingerprint density at radius 1 is 1.15 bits per heavy atom. The minimum absolute atomic E-state index is 0.0658. The van der Waals surface area contributed by atoms with Crippen LogP contribution in [0.25, 0.3) is 0 Å². The van der Waals surface area contributed by atoms with Crippen LogP contribution in [0.4, 0.5) is 4.39 Å². The lowest BCUT2D eigenvalue weighted by atomic mass is 9.96. The molecule has 2 heterocycles. The third kappa shape index (κ3) is 5.36. The number of nitrogens with zero attached hydrogens (tertiary/aromatic N) is 2. The van der Waals surface area contributed by atoms with E-state index >= 15 is 0 Å². The third-order valence-corrected chi connectivity index (χ3v) is 5.01. The molecule has 1 aromatic carbocycles. The van der Waals surface area contributed by atoms with Gasteiger partial charge in [0.1, 0.15) is 5.82 Å². The summed E-state index contributed by atoms with van der Waals surface area (Å²) >= 11 is 0. The van der Waals surface area contributed by atoms with Crippen LogP contribution in [0.1, 0.15) is 35.2 Å². The first-order valence-corrected chi connectivity index (χ1v) is 9.33. The largest absolute Gasteiger partial charge is 0.352 e. The van der Waals surface area contributed by atoms with Gasteiger partial charge < -0.3 is 10.2 Å². The molecular formula is C21H24FN3O2. The minimum Gasteiger partial charge on any atom is -0.352 e. The van der Waals surface area contributed by atoms with Crippen molar-refractivity contribution in [1.29, 1.82) is 0 Å². The molecule has 1 saturated heterocycles. The first-order chi connectivity index (χ1) is 13.1. The second-order valence-electron chi connectivity index (χ2n) is 6.87. The van der Waals surface area contributed by atoms with Crippen molar-refractivity contribution in [3.8, 4) is 0 Å². The van der Waals surface area contributed by atoms with Crippen LogP contribution in [-0.2, 0) is 11.2 Å². The van der Waals surface area contributed by atoms with Crippen LogP contribution in [-0.4, -0.2) is 41.3 Å². The summed E-state index contributed by atoms with van der Waals surface area (Å²) in [7, 11) is 0. The highest BCUT2D eigenvalue weighted by Gasteiger charge is 2.23. The average Bonchev–Trinajstić information content (AvgIpc) is 2.72. The fraction of sp³-hybridized carbons (Fsp3) is 0.381. The van der Waals surface area contributed by atoms with E-state index < -0.39 is 0 Å². The summed E-state index contributed by atoms with van der Waals surface area (Å²) in [5.74, 6) is 0.0530. The number of hydrogen-bond donors (Lipinski definition) is 1. The normalized spacial score (nSPS) is 14.8. The Bertz CT molecular complexity index is 774. The number of piperidine rings is 1. The molecule has 27 heavy (non-hydrogen) atoms. The molecule has 0 radical (unpaired) electrons. The van der Waals surface area contributed by atoms with E-state index in [1.54, 1.807) is 42.7 Å². The molecule has 3 rings (SSSR count). The van der Waals surface area contributed by atoms with Crippen molar-refractivity contribution in [1.82, 2.24) is 15.2 Å². The van der Waals surface area contributed by atoms with Gasteiger partial charge in [0.15, 0.2) is 0 Å². The monoisotopic (exact) mass is 369 g/mol. The number of carbonyl (C=O) groups is 2. The van der Waals surface area contributed by atoms with Crippen molar-refractivity contribution >= 4 is 11.8 Å². The number of nitrogens with one attached hydrogen (secondary N) is 1. The van der Waals surface area contributed by atoms with Crippen molar-refractivity contribution in [2.45, 2.75) is 25.7 Å². The van der Waals surface area contributed by atoms with E-state index in [0.717, 1.165) is 12.8 Å². The van der Waals surface area contributed by atoms with Gasteiger partial charge >= 0.3 is 0 Å². The number of hydrogen-bond acceptors (Lipinski definition) is 3. The van der Waals surface area contributed by atoms with E-state index in [4.69, 9.17) is 0 Å². The highest BCUT2D eigenvalue weighted by Crippen LogP contribution is 2.18. The van der Waals surface area contributed by atoms with Crippen molar-refractivity contribution in [2.75, 3.05) is 19.6 Å². The summed E-state index contributed by atoms with van der Waals surface area (Å²) in [5.41, 5.74) is 1.14. The number of aromatic nitrogens is 1. The van der Waals surface area contributed by atoms with Crippen molar-refractivity contribution < 1.29 is 14.0 Å². The highest BCUT2D eigenvalue weighted by molar-refractivity contribution is 5.93. The fourth-order valence-corrected chi connectivity index (χ4v) is 3.32. The third-order valence-electron chi connectivity index (χ3n) is 5.01. The Labute approximate surface area is 158 Å². The van der Waals surface area contributed by atoms with E-state index in [1.807, 2.05) is 4.90 Å². The molecule has 1 aliphatic rings. The van der Waals surface area contributed by atoms with Gasteiger partial charge in [0.25, 0.3) is 5.91 Å². The van der Waals surface area contributed by atoms with Crippen molar-refractivity contribution in [3.63, 3.8) is 0 Å². The lowest BCUT2D eigenvalue weighted by Gasteiger charge is -2.32. The van der Waals surface area contributed by atoms with Crippen LogP contribution in [0.5, 0.6) is 0 Å². The molecule has 0 bridgehead atoms. The number of aryl methyl sites for hydroxylation is 1. The summed E-state index contributed by atoms with van der Waals surface area (Å²) < 4.78 is 13.6. The predicted octanol–water partition coefficient (Wildman–Crippen LogP) is 2.82. The zero-order valence-corrected chi connectivity index (χ0v) is 15.2. The molecule has 1 aliphatic heterocycles. The molecule has 142 valence electrons. The molecule has 0 saturated carbocycles. The van der Waals surface area contributed by atoms with Crippen LogP contribution in [0.15, 0.2) is 48.8 Å². The molecule has 0 atom stereocenters. The van der Waals surface area contributed by atoms with E-state index in [-0.39, 0.29) is 17.6 Å². The van der Waals surface area contributed by atoms with Crippen LogP contribution < -0.4 is 5.32 Å². The quantitative estimate of drug-likeness (QED) is 0.852. The van der Waals surface area contributed by atoms with Crippen molar-refractivity contribution in [3.05, 3.63) is 65.7 Å². The predicted molar refractivity (Wildman–Crippen MR) is 101 cm³/mol. The SMILES string of the molecule is O=C(NCC1CCN(C(=O)CCc2ccccc2F)CC1)c1cccnc1. The van der Waals surface area contributed by atoms with Crippen LogP contribution in [0.2, 0.25) is 0 Å². The number of amides is 2. The summed E-state index contributed by atoms with van der Waals surface area (Å²) in [6, 6.07) is 10.1. The number of pyridine rings is 1. The van der Waals surface area contributed by atoms with Gasteiger partial charge in [0.2, 0.25) is 5.91 Å². The number of halogens is 1. The van der Waals surface area contributed by atoms with Gasteiger partial charge in [0, 0.05) is 38.4 Å². The maximum Gasteiger partial charge on any atom is 0.252 e. The van der Waals surface area contributed by atoms with E-state index in [2.05, 4.69) is 10.3 Å². The maximum atomic E-state index is 13.6. The summed E-state index contributed by atoms with van der Waals surface area (Å²) in [4.78, 5) is 30.2. The first-order valence-electron chi connectivity index (χ1n) is 9.33. The Balaban J connectivity index is 1.39. The zero-order valence-electron chi connectivity index (χ0n) is 15.2. The Morgan fingerprint density at radius 2 is 1.93 bits per heavy atom. The number of rotatable bonds is 6. The zero-order chi connectivity index (χ0) is 19.1. The van der Waals surface area contributed by atoms with Gasteiger partial charge in [-0.05, 0) is 48.9 Å². The average molecular weight is 369 g/mol. The maximum absolute atomic E-state index is 13.6. The van der Waals surface area contributed by atoms with Crippen molar-refractivity contribution in [2.24, 2.45) is 5.92 Å². The second-order valence-corrected chi connectivity index (χ2v) is 6.87. The number of likely N-dealkylation sites (tertiary alicyclic amines) is 1. The molecular weight excluding hydrogens is 345 g/mol. The van der Waals surface area contributed by atoms with Crippen LogP contribution in [0.3, 0.4) is 0 Å². The molecule has 1 N–H and O–H groups in total. The molecule has 1 aromatic heterocycles. The van der Waals surface area contributed by atoms with E-state index in [0.29, 0.717) is 49.5 Å². The van der Waals surface area contributed by atoms with Gasteiger partial charge in [-0.2, -0.15) is 0 Å². The molecule has 1 fully saturated rings. The minimum atomic E-state index is -0.256. The molecule has 6 heteroatoms. The fourth-order valence-electron chi connectivity index (χ4n) is 3.32. The summed E-state index contributed by atoms with van der Waals surface area (Å²) in [6.45, 7) is 1.97. The van der Waals surface area contributed by atoms with E-state index in [9.17, 15) is 14.0 Å². The van der Waals surface area contributed by atoms with E-state index in [1.165, 1.54) is 6.07 Å². The topological polar surface area (TPSA) is 62.3 Å². The van der Waals surface area contributed by atoms with Gasteiger partial charge in [-0.3, -0.25) is 14.6 Å². The molecule has 2 amide bonds. The smallest absolute Gasteiger partial charge is 0.252 e. The molecule has 0 unspecified atom stereocenters. The van der Waals surface area contributed by atoms with Gasteiger partial charge in [-0.1, -0.05) is 18.2 Å². The lowest BCUT2D eigenvalue weighted by Crippen LogP contribution is -2.41. The molecule has 5 nitrogen and oxygen atoms in total. The van der Waals surface area contributed by atoms with Gasteiger partial charge in [-0.15, -0.1) is 0 Å². The van der Waals surface area contributed by atoms with Crippen LogP contribution >= 0.6 is 0 Å². The van der Waals surface area contributed by atoms with Gasteiger partial charge in [-0.25, -0.2) is 4.39 Å². The number of benzene rings is 1.